The van der Waals surface area contributed by atoms with Crippen LogP contribution in [0.1, 0.15) is 11.1 Å². The summed E-state index contributed by atoms with van der Waals surface area (Å²) in [6, 6.07) is 0. The fourth-order valence-electron chi connectivity index (χ4n) is 2.00. The van der Waals surface area contributed by atoms with Gasteiger partial charge in [-0.1, -0.05) is 0 Å². The molecule has 0 spiro atoms. The summed E-state index contributed by atoms with van der Waals surface area (Å²) in [6.07, 6.45) is 0. The van der Waals surface area contributed by atoms with Crippen LogP contribution in [-0.4, -0.2) is 0 Å². The molecule has 12 heteroatoms. The molecule has 140 valence electrons. The van der Waals surface area contributed by atoms with Crippen LogP contribution in [0.4, 0.5) is 43.9 Å². The Morgan fingerprint density at radius 2 is 0.577 bits per heavy atom. The molecule has 0 aliphatic rings. The zero-order valence-corrected chi connectivity index (χ0v) is 13.5. The monoisotopic (exact) mass is 424 g/mol. The van der Waals surface area contributed by atoms with Crippen molar-refractivity contribution >= 4 is 30.8 Å². The van der Waals surface area contributed by atoms with Gasteiger partial charge in [0, 0.05) is 9.81 Å². The van der Waals surface area contributed by atoms with Gasteiger partial charge in [0.25, 0.3) is 0 Å². The van der Waals surface area contributed by atoms with Crippen LogP contribution in [0.5, 0.6) is 0 Å². The number of thiol groups is 2. The highest BCUT2D eigenvalue weighted by atomic mass is 32.2. The molecule has 0 unspecified atom stereocenters. The zero-order valence-electron chi connectivity index (χ0n) is 11.7. The van der Waals surface area contributed by atoms with E-state index in [-0.39, 0.29) is 0 Å². The molecule has 0 fully saturated rings. The fraction of sp³-hybridized carbons (Fsp3) is 0. The Balaban J connectivity index is 3.06. The summed E-state index contributed by atoms with van der Waals surface area (Å²) in [5.74, 6) is -25.6. The number of hydrogen-bond donors (Lipinski definition) is 2. The lowest BCUT2D eigenvalue weighted by atomic mass is 9.96. The van der Waals surface area contributed by atoms with Gasteiger partial charge in [0.05, 0.1) is 11.1 Å². The van der Waals surface area contributed by atoms with Gasteiger partial charge in [-0.05, 0) is 0 Å². The van der Waals surface area contributed by atoms with E-state index in [1.165, 1.54) is 0 Å². The molecule has 0 saturated carbocycles. The van der Waals surface area contributed by atoms with Gasteiger partial charge in [-0.2, -0.15) is 0 Å². The Hall–Kier alpha value is -1.82. The van der Waals surface area contributed by atoms with E-state index in [4.69, 9.17) is 0 Å². The summed E-state index contributed by atoms with van der Waals surface area (Å²) in [4.78, 5) is 0. The molecule has 0 saturated heterocycles. The first-order chi connectivity index (χ1) is 11.9. The summed E-state index contributed by atoms with van der Waals surface area (Å²) in [5.41, 5.74) is -5.56. The maximum atomic E-state index is 13.9. The van der Waals surface area contributed by atoms with Crippen molar-refractivity contribution in [3.63, 3.8) is 0 Å². The van der Waals surface area contributed by atoms with Gasteiger partial charge in [-0.15, -0.1) is 25.3 Å². The molecule has 26 heavy (non-hydrogen) atoms. The molecular weight excluding hydrogens is 422 g/mol. The van der Waals surface area contributed by atoms with Crippen LogP contribution in [0.25, 0.3) is 5.57 Å². The van der Waals surface area contributed by atoms with E-state index in [2.05, 4.69) is 25.3 Å². The van der Waals surface area contributed by atoms with Gasteiger partial charge in [-0.3, -0.25) is 0 Å². The van der Waals surface area contributed by atoms with Crippen molar-refractivity contribution in [2.24, 2.45) is 0 Å². The molecule has 0 nitrogen and oxygen atoms in total. The van der Waals surface area contributed by atoms with Crippen molar-refractivity contribution in [3.05, 3.63) is 73.5 Å². The third-order valence-corrected chi connectivity index (χ3v) is 3.59. The molecular formula is C14H2F10S2. The van der Waals surface area contributed by atoms with Crippen molar-refractivity contribution < 1.29 is 43.9 Å². The third kappa shape index (κ3) is 2.94. The first kappa shape index (κ1) is 20.5. The van der Waals surface area contributed by atoms with Crippen molar-refractivity contribution in [3.8, 4) is 0 Å². The quantitative estimate of drug-likeness (QED) is 0.265. The summed E-state index contributed by atoms with van der Waals surface area (Å²) in [5, 5.41) is 0. The SMILES string of the molecule is Fc1c(F)c(F)c(C(=C(S)S)c2c(F)c(F)c(F)c(F)c2F)c(F)c1F. The van der Waals surface area contributed by atoms with Gasteiger partial charge in [-0.25, -0.2) is 43.9 Å². The molecule has 2 aromatic carbocycles. The van der Waals surface area contributed by atoms with E-state index in [1.54, 1.807) is 0 Å². The van der Waals surface area contributed by atoms with Crippen LogP contribution in [0.3, 0.4) is 0 Å². The highest BCUT2D eigenvalue weighted by Gasteiger charge is 2.34. The van der Waals surface area contributed by atoms with Crippen molar-refractivity contribution in [2.45, 2.75) is 0 Å². The Morgan fingerprint density at radius 3 is 0.769 bits per heavy atom. The van der Waals surface area contributed by atoms with Gasteiger partial charge < -0.3 is 0 Å². The van der Waals surface area contributed by atoms with Crippen LogP contribution in [-0.2, 0) is 0 Å². The van der Waals surface area contributed by atoms with E-state index in [0.29, 0.717) is 0 Å². The zero-order chi connectivity index (χ0) is 20.1. The molecule has 0 aliphatic heterocycles. The predicted molar refractivity (Wildman–Crippen MR) is 76.5 cm³/mol. The minimum atomic E-state index is -2.60. The largest absolute Gasteiger partial charge is 0.203 e. The second-order valence-electron chi connectivity index (χ2n) is 4.59. The first-order valence-corrected chi connectivity index (χ1v) is 6.98. The topological polar surface area (TPSA) is 0 Å². The number of rotatable bonds is 2. The summed E-state index contributed by atoms with van der Waals surface area (Å²) in [7, 11) is 0. The molecule has 0 aromatic heterocycles. The summed E-state index contributed by atoms with van der Waals surface area (Å²) < 4.78 is 134. The highest BCUT2D eigenvalue weighted by molar-refractivity contribution is 8.05. The molecule has 0 aliphatic carbocycles. The number of halogens is 10. The lowest BCUT2D eigenvalue weighted by Crippen LogP contribution is -2.12. The summed E-state index contributed by atoms with van der Waals surface area (Å²) >= 11 is 6.79. The van der Waals surface area contributed by atoms with Crippen LogP contribution >= 0.6 is 25.3 Å². The number of hydrogen-bond acceptors (Lipinski definition) is 2. The molecule has 0 radical (unpaired) electrons. The molecule has 2 aromatic rings. The third-order valence-electron chi connectivity index (χ3n) is 3.14. The van der Waals surface area contributed by atoms with Crippen molar-refractivity contribution in [2.75, 3.05) is 0 Å². The lowest BCUT2D eigenvalue weighted by Gasteiger charge is -2.16. The minimum absolute atomic E-state index is 1.09. The lowest BCUT2D eigenvalue weighted by molar-refractivity contribution is 0.372. The standard InChI is InChI=1S/C14H2F10S2/c15-4-2(5(16)9(20)12(23)8(4)19)1(14(25)26)3-6(17)10(21)13(24)11(22)7(3)18/h25-26H. The Labute approximate surface area is 148 Å². The Bertz CT molecular complexity index is 834. The van der Waals surface area contributed by atoms with Gasteiger partial charge in [0.2, 0.25) is 11.6 Å². The van der Waals surface area contributed by atoms with Gasteiger partial charge >= 0.3 is 0 Å². The first-order valence-electron chi connectivity index (χ1n) is 6.09. The highest BCUT2D eigenvalue weighted by Crippen LogP contribution is 2.40. The van der Waals surface area contributed by atoms with Gasteiger partial charge in [0.1, 0.15) is 0 Å². The smallest absolute Gasteiger partial charge is 0.200 e. The van der Waals surface area contributed by atoms with Crippen LogP contribution in [0, 0.1) is 58.2 Å². The second kappa shape index (κ2) is 7.06. The normalized spacial score (nSPS) is 11.1. The maximum absolute atomic E-state index is 13.9. The molecule has 0 atom stereocenters. The maximum Gasteiger partial charge on any atom is 0.200 e. The van der Waals surface area contributed by atoms with E-state index < -0.39 is 79.1 Å². The molecule has 0 bridgehead atoms. The Morgan fingerprint density at radius 1 is 0.385 bits per heavy atom. The molecule has 0 amide bonds. The summed E-state index contributed by atoms with van der Waals surface area (Å²) in [6.45, 7) is 0. The molecule has 0 N–H and O–H groups in total. The van der Waals surface area contributed by atoms with Crippen molar-refractivity contribution in [1.82, 2.24) is 0 Å². The van der Waals surface area contributed by atoms with Crippen LogP contribution in [0.2, 0.25) is 0 Å². The average molecular weight is 424 g/mol. The predicted octanol–water partition coefficient (Wildman–Crippen LogP) is 5.65. The fourth-order valence-corrected chi connectivity index (χ4v) is 2.44. The second-order valence-corrected chi connectivity index (χ2v) is 5.84. The minimum Gasteiger partial charge on any atom is -0.203 e. The van der Waals surface area contributed by atoms with E-state index >= 15 is 0 Å². The molecule has 0 heterocycles. The van der Waals surface area contributed by atoms with E-state index in [9.17, 15) is 43.9 Å². The Kier molecular flexibility index (Phi) is 5.57. The van der Waals surface area contributed by atoms with Crippen LogP contribution < -0.4 is 0 Å². The van der Waals surface area contributed by atoms with Crippen molar-refractivity contribution in [1.29, 1.82) is 0 Å². The van der Waals surface area contributed by atoms with E-state index in [1.807, 2.05) is 0 Å². The van der Waals surface area contributed by atoms with Crippen LogP contribution in [0.15, 0.2) is 4.24 Å². The average Bonchev–Trinajstić information content (AvgIpc) is 2.60. The van der Waals surface area contributed by atoms with E-state index in [0.717, 1.165) is 0 Å². The van der Waals surface area contributed by atoms with Gasteiger partial charge in [0.15, 0.2) is 46.5 Å². The number of benzene rings is 2. The molecule has 2 rings (SSSR count).